The van der Waals surface area contributed by atoms with Gasteiger partial charge in [-0.2, -0.15) is 0 Å². The monoisotopic (exact) mass is 577 g/mol. The van der Waals surface area contributed by atoms with Gasteiger partial charge in [-0.15, -0.1) is 0 Å². The fourth-order valence-corrected chi connectivity index (χ4v) is 4.64. The van der Waals surface area contributed by atoms with Crippen LogP contribution >= 0.6 is 0 Å². The number of nitrogens with one attached hydrogen (secondary N) is 1. The highest BCUT2D eigenvalue weighted by molar-refractivity contribution is 6.46. The van der Waals surface area contributed by atoms with Gasteiger partial charge < -0.3 is 24.4 Å². The molecule has 0 radical (unpaired) electrons. The van der Waals surface area contributed by atoms with E-state index in [0.717, 1.165) is 50.4 Å². The first-order valence-electron chi connectivity index (χ1n) is 13.1. The van der Waals surface area contributed by atoms with Crippen LogP contribution in [0.3, 0.4) is 0 Å². The Morgan fingerprint density at radius 2 is 1.55 bits per heavy atom. The molecule has 1 fully saturated rings. The van der Waals surface area contributed by atoms with E-state index in [0.29, 0.717) is 28.1 Å². The number of benzene rings is 3. The van der Waals surface area contributed by atoms with Crippen molar-refractivity contribution in [3.63, 3.8) is 0 Å². The van der Waals surface area contributed by atoms with Gasteiger partial charge in [-0.25, -0.2) is 18.7 Å². The first kappa shape index (κ1) is 28.8. The Labute approximate surface area is 240 Å². The highest BCUT2D eigenvalue weighted by Crippen LogP contribution is 2.36. The molecular weight excluding hydrogens is 548 g/mol. The Hall–Kier alpha value is -4.68. The second-order valence-electron chi connectivity index (χ2n) is 9.83. The summed E-state index contributed by atoms with van der Waals surface area (Å²) in [6.45, 7) is 4.68. The van der Waals surface area contributed by atoms with Gasteiger partial charge in [0.2, 0.25) is 5.88 Å². The fraction of sp³-hybridized carbons (Fsp3) is 0.267. The Balaban J connectivity index is 1.28. The summed E-state index contributed by atoms with van der Waals surface area (Å²) in [4.78, 5) is 38.2. The molecule has 0 spiro atoms. The van der Waals surface area contributed by atoms with Crippen LogP contribution in [-0.4, -0.2) is 78.9 Å². The maximum absolute atomic E-state index is 15.0. The van der Waals surface area contributed by atoms with Gasteiger partial charge in [-0.3, -0.25) is 14.5 Å². The quantitative estimate of drug-likeness (QED) is 0.230. The number of ether oxygens (including phenoxy) is 3. The van der Waals surface area contributed by atoms with E-state index in [1.165, 1.54) is 20.5 Å². The fourth-order valence-electron chi connectivity index (χ4n) is 4.64. The lowest BCUT2D eigenvalue weighted by atomic mass is 10.1. The molecular formula is C30H29F2N5O5. The summed E-state index contributed by atoms with van der Waals surface area (Å²) in [7, 11) is 5.02. The topological polar surface area (TPSA) is 106 Å². The van der Waals surface area contributed by atoms with Crippen molar-refractivity contribution in [2.24, 2.45) is 0 Å². The standard InChI is InChI=1S/C30H29F2N5O5/c1-36-8-10-37(11-9-36)16-18-4-6-19(7-5-18)35-29(39)28(38)27-22(31)12-20(13-23(27)32)42-30-21-14-25(40-2)26(41-3)15-24(21)33-17-34-30/h4-7,12-15,17H,8-11,16H2,1-3H3,(H,35,39). The molecule has 1 aliphatic rings. The average Bonchev–Trinajstić information content (AvgIpc) is 2.98. The van der Waals surface area contributed by atoms with Crippen molar-refractivity contribution >= 4 is 28.3 Å². The van der Waals surface area contributed by atoms with E-state index in [1.807, 2.05) is 12.1 Å². The van der Waals surface area contributed by atoms with Crippen molar-refractivity contribution in [1.82, 2.24) is 19.8 Å². The van der Waals surface area contributed by atoms with E-state index in [2.05, 4.69) is 32.1 Å². The maximum Gasteiger partial charge on any atom is 0.296 e. The molecule has 0 atom stereocenters. The normalized spacial score (nSPS) is 14.0. The lowest BCUT2D eigenvalue weighted by Crippen LogP contribution is -2.43. The van der Waals surface area contributed by atoms with E-state index in [9.17, 15) is 18.4 Å². The molecule has 4 aromatic rings. The summed E-state index contributed by atoms with van der Waals surface area (Å²) in [6, 6.07) is 11.8. The first-order valence-corrected chi connectivity index (χ1v) is 13.1. The molecule has 0 bridgehead atoms. The molecule has 1 saturated heterocycles. The minimum absolute atomic E-state index is 0.00681. The van der Waals surface area contributed by atoms with E-state index >= 15 is 0 Å². The van der Waals surface area contributed by atoms with Gasteiger partial charge in [-0.1, -0.05) is 12.1 Å². The number of methoxy groups -OCH3 is 2. The minimum Gasteiger partial charge on any atom is -0.493 e. The Morgan fingerprint density at radius 1 is 0.905 bits per heavy atom. The molecule has 0 saturated carbocycles. The number of nitrogens with zero attached hydrogens (tertiary/aromatic N) is 4. The lowest BCUT2D eigenvalue weighted by molar-refractivity contribution is -0.112. The van der Waals surface area contributed by atoms with Gasteiger partial charge >= 0.3 is 0 Å². The van der Waals surface area contributed by atoms with Crippen molar-refractivity contribution < 1.29 is 32.6 Å². The molecule has 218 valence electrons. The predicted octanol–water partition coefficient (Wildman–Crippen LogP) is 4.29. The van der Waals surface area contributed by atoms with Crippen LogP contribution in [0, 0.1) is 11.6 Å². The number of amides is 1. The summed E-state index contributed by atoms with van der Waals surface area (Å²) in [5.41, 5.74) is 0.824. The van der Waals surface area contributed by atoms with Crippen LogP contribution in [0.25, 0.3) is 10.9 Å². The van der Waals surface area contributed by atoms with Gasteiger partial charge in [-0.05, 0) is 30.8 Å². The number of halogens is 2. The lowest BCUT2D eigenvalue weighted by Gasteiger charge is -2.32. The zero-order chi connectivity index (χ0) is 29.8. The smallest absolute Gasteiger partial charge is 0.296 e. The van der Waals surface area contributed by atoms with Crippen molar-refractivity contribution in [2.75, 3.05) is 52.8 Å². The van der Waals surface area contributed by atoms with Crippen molar-refractivity contribution in [2.45, 2.75) is 6.54 Å². The van der Waals surface area contributed by atoms with Crippen LogP contribution in [-0.2, 0) is 11.3 Å². The molecule has 1 amide bonds. The average molecular weight is 578 g/mol. The number of aromatic nitrogens is 2. The second-order valence-corrected chi connectivity index (χ2v) is 9.83. The summed E-state index contributed by atoms with van der Waals surface area (Å²) < 4.78 is 46.2. The zero-order valence-electron chi connectivity index (χ0n) is 23.3. The number of fused-ring (bicyclic) bond motifs is 1. The predicted molar refractivity (Wildman–Crippen MR) is 151 cm³/mol. The third-order valence-corrected chi connectivity index (χ3v) is 6.98. The molecule has 1 aromatic heterocycles. The van der Waals surface area contributed by atoms with Gasteiger partial charge in [0.1, 0.15) is 23.7 Å². The van der Waals surface area contributed by atoms with Crippen LogP contribution < -0.4 is 19.5 Å². The number of piperazine rings is 1. The highest BCUT2D eigenvalue weighted by atomic mass is 19.1. The number of likely N-dealkylation sites (N-methyl/N-ethyl adjacent to an activating group) is 1. The number of hydrogen-bond acceptors (Lipinski definition) is 9. The van der Waals surface area contributed by atoms with Crippen LogP contribution in [0.5, 0.6) is 23.1 Å². The van der Waals surface area contributed by atoms with Crippen LogP contribution in [0.15, 0.2) is 54.9 Å². The second kappa shape index (κ2) is 12.5. The highest BCUT2D eigenvalue weighted by Gasteiger charge is 2.26. The van der Waals surface area contributed by atoms with Gasteiger partial charge in [0, 0.05) is 56.6 Å². The summed E-state index contributed by atoms with van der Waals surface area (Å²) >= 11 is 0. The third kappa shape index (κ3) is 6.29. The van der Waals surface area contributed by atoms with Crippen LogP contribution in [0.1, 0.15) is 15.9 Å². The van der Waals surface area contributed by atoms with E-state index < -0.39 is 28.9 Å². The molecule has 42 heavy (non-hydrogen) atoms. The van der Waals surface area contributed by atoms with Crippen molar-refractivity contribution in [1.29, 1.82) is 0 Å². The molecule has 3 aromatic carbocycles. The van der Waals surface area contributed by atoms with Gasteiger partial charge in [0.15, 0.2) is 11.5 Å². The molecule has 5 rings (SSSR count). The maximum atomic E-state index is 15.0. The van der Waals surface area contributed by atoms with Crippen LogP contribution in [0.4, 0.5) is 14.5 Å². The number of hydrogen-bond donors (Lipinski definition) is 1. The van der Waals surface area contributed by atoms with Gasteiger partial charge in [0.05, 0.1) is 30.7 Å². The minimum atomic E-state index is -1.36. The van der Waals surface area contributed by atoms with E-state index in [1.54, 1.807) is 24.3 Å². The molecule has 10 nitrogen and oxygen atoms in total. The molecule has 1 aliphatic heterocycles. The molecule has 2 heterocycles. The number of ketones is 1. The zero-order valence-corrected chi connectivity index (χ0v) is 23.3. The number of anilines is 1. The summed E-state index contributed by atoms with van der Waals surface area (Å²) in [5, 5.41) is 2.81. The summed E-state index contributed by atoms with van der Waals surface area (Å²) in [6.07, 6.45) is 1.22. The molecule has 12 heteroatoms. The first-order chi connectivity index (χ1) is 20.2. The van der Waals surface area contributed by atoms with Crippen molar-refractivity contribution in [3.8, 4) is 23.1 Å². The molecule has 0 aliphatic carbocycles. The van der Waals surface area contributed by atoms with E-state index in [4.69, 9.17) is 14.2 Å². The largest absolute Gasteiger partial charge is 0.493 e. The van der Waals surface area contributed by atoms with E-state index in [-0.39, 0.29) is 11.6 Å². The Morgan fingerprint density at radius 3 is 2.19 bits per heavy atom. The summed E-state index contributed by atoms with van der Waals surface area (Å²) in [5.74, 6) is -4.53. The van der Waals surface area contributed by atoms with Gasteiger partial charge in [0.25, 0.3) is 11.7 Å². The third-order valence-electron chi connectivity index (χ3n) is 6.98. The Bertz CT molecular complexity index is 1600. The molecule has 1 N–H and O–H groups in total. The SMILES string of the molecule is COc1cc2ncnc(Oc3cc(F)c(C(=O)C(=O)Nc4ccc(CN5CCN(C)CC5)cc4)c(F)c3)c2cc1OC. The number of carbonyl (C=O) groups excluding carboxylic acids is 2. The number of rotatable bonds is 9. The van der Waals surface area contributed by atoms with Crippen LogP contribution in [0.2, 0.25) is 0 Å². The molecule has 0 unspecified atom stereocenters. The number of Topliss-reactive ketones (excluding diaryl/α,β-unsaturated/α-hetero) is 1. The Kier molecular flexibility index (Phi) is 8.55. The number of carbonyl (C=O) groups is 2. The van der Waals surface area contributed by atoms with Crippen molar-refractivity contribution in [3.05, 3.63) is 77.6 Å².